The number of hydrogen-bond donors (Lipinski definition) is 1. The molecule has 0 spiro atoms. The van der Waals surface area contributed by atoms with Crippen molar-refractivity contribution in [2.75, 3.05) is 5.32 Å². The third-order valence-electron chi connectivity index (χ3n) is 3.34. The molecule has 3 aromatic rings. The number of aryl methyl sites for hydroxylation is 1. The molecule has 0 saturated heterocycles. The van der Waals surface area contributed by atoms with Crippen molar-refractivity contribution in [2.45, 2.75) is 13.0 Å². The molecule has 3 rings (SSSR count). The average molecular weight is 252 g/mol. The Bertz CT molecular complexity index is 688. The van der Waals surface area contributed by atoms with Gasteiger partial charge in [-0.1, -0.05) is 12.1 Å². The Morgan fingerprint density at radius 1 is 1.11 bits per heavy atom. The van der Waals surface area contributed by atoms with E-state index in [2.05, 4.69) is 32.8 Å². The number of nitrogens with zero attached hydrogens (tertiary/aromatic N) is 3. The van der Waals surface area contributed by atoms with Crippen molar-refractivity contribution in [1.29, 1.82) is 0 Å². The highest BCUT2D eigenvalue weighted by Crippen LogP contribution is 2.22. The van der Waals surface area contributed by atoms with Crippen LogP contribution < -0.4 is 5.32 Å². The number of aromatic nitrogens is 3. The van der Waals surface area contributed by atoms with E-state index in [9.17, 15) is 0 Å². The first kappa shape index (κ1) is 11.7. The minimum absolute atomic E-state index is 0.193. The first-order valence-corrected chi connectivity index (χ1v) is 6.33. The molecule has 2 heterocycles. The maximum absolute atomic E-state index is 4.61. The first-order chi connectivity index (χ1) is 9.25. The van der Waals surface area contributed by atoms with Gasteiger partial charge in [-0.15, -0.1) is 0 Å². The zero-order valence-corrected chi connectivity index (χ0v) is 11.0. The molecule has 0 bridgehead atoms. The third kappa shape index (κ3) is 2.17. The van der Waals surface area contributed by atoms with Gasteiger partial charge in [0.05, 0.1) is 17.1 Å². The summed E-state index contributed by atoms with van der Waals surface area (Å²) in [6.45, 7) is 2.12. The zero-order chi connectivity index (χ0) is 13.2. The van der Waals surface area contributed by atoms with Gasteiger partial charge in [0.2, 0.25) is 5.95 Å². The summed E-state index contributed by atoms with van der Waals surface area (Å²) in [6, 6.07) is 12.4. The maximum atomic E-state index is 4.61. The van der Waals surface area contributed by atoms with Crippen LogP contribution in [-0.4, -0.2) is 14.5 Å². The fraction of sp³-hybridized carbons (Fsp3) is 0.200. The van der Waals surface area contributed by atoms with Crippen LogP contribution in [-0.2, 0) is 7.05 Å². The summed E-state index contributed by atoms with van der Waals surface area (Å²) in [7, 11) is 2.02. The lowest BCUT2D eigenvalue weighted by molar-refractivity contribution is 0.830. The minimum Gasteiger partial charge on any atom is -0.349 e. The van der Waals surface area contributed by atoms with Gasteiger partial charge in [0, 0.05) is 19.4 Å². The lowest BCUT2D eigenvalue weighted by Gasteiger charge is -2.14. The van der Waals surface area contributed by atoms with Crippen molar-refractivity contribution in [3.05, 3.63) is 54.4 Å². The predicted octanol–water partition coefficient (Wildman–Crippen LogP) is 3.14. The molecule has 0 aliphatic carbocycles. The Hall–Kier alpha value is -2.36. The van der Waals surface area contributed by atoms with Crippen LogP contribution >= 0.6 is 0 Å². The van der Waals surface area contributed by atoms with Crippen molar-refractivity contribution in [2.24, 2.45) is 7.05 Å². The minimum atomic E-state index is 0.193. The standard InChI is InChI=1S/C15H16N4/c1-11(12-7-9-16-10-8-12)17-15-18-13-5-3-4-6-14(13)19(15)2/h3-11H,1-2H3,(H,17,18). The number of imidazole rings is 1. The monoisotopic (exact) mass is 252 g/mol. The molecule has 0 saturated carbocycles. The summed E-state index contributed by atoms with van der Waals surface area (Å²) >= 11 is 0. The summed E-state index contributed by atoms with van der Waals surface area (Å²) in [5.74, 6) is 0.880. The number of para-hydroxylation sites is 2. The molecule has 1 unspecified atom stereocenters. The molecular formula is C15H16N4. The van der Waals surface area contributed by atoms with Crippen LogP contribution in [0.5, 0.6) is 0 Å². The fourth-order valence-corrected chi connectivity index (χ4v) is 2.20. The van der Waals surface area contributed by atoms with E-state index in [1.807, 2.05) is 49.8 Å². The molecule has 19 heavy (non-hydrogen) atoms. The number of nitrogens with one attached hydrogen (secondary N) is 1. The van der Waals surface area contributed by atoms with E-state index < -0.39 is 0 Å². The number of anilines is 1. The second-order valence-electron chi connectivity index (χ2n) is 4.63. The molecule has 0 amide bonds. The van der Waals surface area contributed by atoms with Gasteiger partial charge < -0.3 is 9.88 Å². The third-order valence-corrected chi connectivity index (χ3v) is 3.34. The van der Waals surface area contributed by atoms with Gasteiger partial charge in [0.15, 0.2) is 0 Å². The van der Waals surface area contributed by atoms with Gasteiger partial charge in [-0.3, -0.25) is 4.98 Å². The van der Waals surface area contributed by atoms with Crippen LogP contribution in [0.3, 0.4) is 0 Å². The highest BCUT2D eigenvalue weighted by atomic mass is 15.2. The molecule has 0 fully saturated rings. The van der Waals surface area contributed by atoms with E-state index in [4.69, 9.17) is 0 Å². The Labute approximate surface area is 112 Å². The quantitative estimate of drug-likeness (QED) is 0.778. The van der Waals surface area contributed by atoms with Crippen molar-refractivity contribution in [1.82, 2.24) is 14.5 Å². The predicted molar refractivity (Wildman–Crippen MR) is 77.0 cm³/mol. The van der Waals surface area contributed by atoms with Gasteiger partial charge in [-0.05, 0) is 36.8 Å². The SMILES string of the molecule is CC(Nc1nc2ccccc2n1C)c1ccncc1. The van der Waals surface area contributed by atoms with Crippen molar-refractivity contribution in [3.8, 4) is 0 Å². The van der Waals surface area contributed by atoms with Crippen molar-refractivity contribution < 1.29 is 0 Å². The largest absolute Gasteiger partial charge is 0.349 e. The summed E-state index contributed by atoms with van der Waals surface area (Å²) in [5, 5.41) is 3.44. The van der Waals surface area contributed by atoms with E-state index in [1.165, 1.54) is 5.56 Å². The topological polar surface area (TPSA) is 42.7 Å². The molecule has 1 atom stereocenters. The second-order valence-corrected chi connectivity index (χ2v) is 4.63. The first-order valence-electron chi connectivity index (χ1n) is 6.33. The van der Waals surface area contributed by atoms with E-state index in [0.717, 1.165) is 17.0 Å². The van der Waals surface area contributed by atoms with Crippen LogP contribution in [0.15, 0.2) is 48.8 Å². The molecule has 0 aliphatic rings. The number of fused-ring (bicyclic) bond motifs is 1. The molecule has 4 heteroatoms. The van der Waals surface area contributed by atoms with Crippen molar-refractivity contribution in [3.63, 3.8) is 0 Å². The van der Waals surface area contributed by atoms with Crippen LogP contribution in [0.1, 0.15) is 18.5 Å². The Morgan fingerprint density at radius 3 is 2.58 bits per heavy atom. The van der Waals surface area contributed by atoms with Crippen LogP contribution in [0.2, 0.25) is 0 Å². The Kier molecular flexibility index (Phi) is 2.91. The Balaban J connectivity index is 1.91. The van der Waals surface area contributed by atoms with Crippen molar-refractivity contribution >= 4 is 17.0 Å². The van der Waals surface area contributed by atoms with Crippen LogP contribution in [0.25, 0.3) is 11.0 Å². The molecule has 1 aromatic carbocycles. The average Bonchev–Trinajstić information content (AvgIpc) is 2.77. The molecular weight excluding hydrogens is 236 g/mol. The van der Waals surface area contributed by atoms with Crippen LogP contribution in [0, 0.1) is 0 Å². The summed E-state index contributed by atoms with van der Waals surface area (Å²) in [6.07, 6.45) is 3.62. The van der Waals surface area contributed by atoms with Gasteiger partial charge in [-0.2, -0.15) is 0 Å². The molecule has 96 valence electrons. The zero-order valence-electron chi connectivity index (χ0n) is 11.0. The number of pyridine rings is 1. The highest BCUT2D eigenvalue weighted by molar-refractivity contribution is 5.78. The maximum Gasteiger partial charge on any atom is 0.204 e. The van der Waals surface area contributed by atoms with E-state index in [0.29, 0.717) is 0 Å². The molecule has 0 aliphatic heterocycles. The van der Waals surface area contributed by atoms with E-state index in [-0.39, 0.29) is 6.04 Å². The molecule has 0 radical (unpaired) electrons. The summed E-state index contributed by atoms with van der Waals surface area (Å²) in [5.41, 5.74) is 3.34. The van der Waals surface area contributed by atoms with E-state index in [1.54, 1.807) is 0 Å². The lowest BCUT2D eigenvalue weighted by Crippen LogP contribution is -2.10. The lowest BCUT2D eigenvalue weighted by atomic mass is 10.1. The summed E-state index contributed by atoms with van der Waals surface area (Å²) in [4.78, 5) is 8.65. The number of benzene rings is 1. The second kappa shape index (κ2) is 4.72. The summed E-state index contributed by atoms with van der Waals surface area (Å²) < 4.78 is 2.08. The van der Waals surface area contributed by atoms with Gasteiger partial charge in [-0.25, -0.2) is 4.98 Å². The van der Waals surface area contributed by atoms with Gasteiger partial charge in [0.1, 0.15) is 0 Å². The molecule has 1 N–H and O–H groups in total. The Morgan fingerprint density at radius 2 is 1.84 bits per heavy atom. The molecule has 2 aromatic heterocycles. The fourth-order valence-electron chi connectivity index (χ4n) is 2.20. The smallest absolute Gasteiger partial charge is 0.204 e. The number of hydrogen-bond acceptors (Lipinski definition) is 3. The molecule has 4 nitrogen and oxygen atoms in total. The van der Waals surface area contributed by atoms with Gasteiger partial charge >= 0.3 is 0 Å². The van der Waals surface area contributed by atoms with E-state index >= 15 is 0 Å². The normalized spacial score (nSPS) is 12.5. The van der Waals surface area contributed by atoms with Gasteiger partial charge in [0.25, 0.3) is 0 Å². The number of rotatable bonds is 3. The van der Waals surface area contributed by atoms with Crippen LogP contribution in [0.4, 0.5) is 5.95 Å². The highest BCUT2D eigenvalue weighted by Gasteiger charge is 2.10.